The number of hydrogen-bond acceptors (Lipinski definition) is 2. The Kier molecular flexibility index (Phi) is 3.15. The van der Waals surface area contributed by atoms with Crippen LogP contribution in [0.2, 0.25) is 0 Å². The molecule has 1 atom stereocenters. The van der Waals surface area contributed by atoms with Crippen molar-refractivity contribution in [2.24, 2.45) is 5.73 Å². The standard InChI is InChI=1S/C8H11BF3N2/c1-6(13)7-2-3-14-8(4-7)5-9(10,11)12/h2-4,6H,5,13H2,1H3/q-1. The zero-order valence-corrected chi connectivity index (χ0v) is 7.75. The van der Waals surface area contributed by atoms with Crippen molar-refractivity contribution in [2.75, 3.05) is 0 Å². The van der Waals surface area contributed by atoms with E-state index < -0.39 is 13.3 Å². The molecule has 1 aromatic rings. The maximum atomic E-state index is 12.1. The van der Waals surface area contributed by atoms with Crippen LogP contribution in [0.1, 0.15) is 24.2 Å². The molecule has 0 aliphatic rings. The van der Waals surface area contributed by atoms with Gasteiger partial charge in [-0.3, -0.25) is 4.98 Å². The van der Waals surface area contributed by atoms with Gasteiger partial charge in [0.25, 0.3) is 0 Å². The van der Waals surface area contributed by atoms with E-state index in [1.165, 1.54) is 12.3 Å². The summed E-state index contributed by atoms with van der Waals surface area (Å²) in [5.41, 5.74) is 6.25. The maximum Gasteiger partial charge on any atom is 0.484 e. The SMILES string of the molecule is CC(N)c1ccnc(C[B-](F)(F)F)c1. The van der Waals surface area contributed by atoms with E-state index in [1.54, 1.807) is 13.0 Å². The summed E-state index contributed by atoms with van der Waals surface area (Å²) in [6, 6.07) is 2.76. The first-order valence-corrected chi connectivity index (χ1v) is 4.30. The van der Waals surface area contributed by atoms with Crippen LogP contribution < -0.4 is 5.73 Å². The van der Waals surface area contributed by atoms with Gasteiger partial charge in [0.2, 0.25) is 0 Å². The summed E-state index contributed by atoms with van der Waals surface area (Å²) in [4.78, 5) is 3.65. The number of hydrogen-bond donors (Lipinski definition) is 1. The van der Waals surface area contributed by atoms with Crippen LogP contribution in [0.4, 0.5) is 12.9 Å². The average Bonchev–Trinajstić information content (AvgIpc) is 2.01. The van der Waals surface area contributed by atoms with Gasteiger partial charge in [-0.1, -0.05) is 0 Å². The molecule has 0 fully saturated rings. The minimum Gasteiger partial charge on any atom is -0.449 e. The van der Waals surface area contributed by atoms with Gasteiger partial charge in [0.15, 0.2) is 0 Å². The van der Waals surface area contributed by atoms with Gasteiger partial charge in [-0.05, 0) is 30.9 Å². The molecule has 1 unspecified atom stereocenters. The van der Waals surface area contributed by atoms with E-state index >= 15 is 0 Å². The molecule has 2 N–H and O–H groups in total. The molecule has 0 saturated heterocycles. The lowest BCUT2D eigenvalue weighted by atomic mass is 9.83. The molecule has 1 rings (SSSR count). The minimum absolute atomic E-state index is 0.0345. The average molecular weight is 203 g/mol. The highest BCUT2D eigenvalue weighted by atomic mass is 19.4. The second-order valence-corrected chi connectivity index (χ2v) is 3.28. The lowest BCUT2D eigenvalue weighted by Gasteiger charge is -2.14. The van der Waals surface area contributed by atoms with Crippen molar-refractivity contribution < 1.29 is 12.9 Å². The van der Waals surface area contributed by atoms with Crippen molar-refractivity contribution in [2.45, 2.75) is 19.3 Å². The molecule has 0 aliphatic carbocycles. The molecule has 14 heavy (non-hydrogen) atoms. The minimum atomic E-state index is -4.82. The first-order valence-electron chi connectivity index (χ1n) is 4.30. The Bertz CT molecular complexity index is 312. The quantitative estimate of drug-likeness (QED) is 0.763. The molecule has 78 valence electrons. The summed E-state index contributed by atoms with van der Waals surface area (Å²) in [7, 11) is 0. The van der Waals surface area contributed by atoms with Crippen LogP contribution >= 0.6 is 0 Å². The third-order valence-corrected chi connectivity index (χ3v) is 1.81. The molecule has 1 heterocycles. The zero-order valence-electron chi connectivity index (χ0n) is 7.75. The van der Waals surface area contributed by atoms with E-state index in [0.29, 0.717) is 5.56 Å². The number of nitrogens with zero attached hydrogens (tertiary/aromatic N) is 1. The van der Waals surface area contributed by atoms with Crippen molar-refractivity contribution >= 4 is 6.98 Å². The normalized spacial score (nSPS) is 14.1. The molecule has 0 aliphatic heterocycles. The van der Waals surface area contributed by atoms with Crippen LogP contribution in [0.15, 0.2) is 18.3 Å². The van der Waals surface area contributed by atoms with Crippen molar-refractivity contribution in [3.05, 3.63) is 29.6 Å². The van der Waals surface area contributed by atoms with Crippen LogP contribution in [0.3, 0.4) is 0 Å². The van der Waals surface area contributed by atoms with E-state index in [0.717, 1.165) is 0 Å². The van der Waals surface area contributed by atoms with Gasteiger partial charge in [0, 0.05) is 17.9 Å². The number of aromatic nitrogens is 1. The summed E-state index contributed by atoms with van der Waals surface area (Å²) in [5, 5.41) is 0. The van der Waals surface area contributed by atoms with Gasteiger partial charge in [0.1, 0.15) is 0 Å². The molecule has 0 bridgehead atoms. The molecule has 0 aromatic carbocycles. The number of pyridine rings is 1. The Morgan fingerprint density at radius 1 is 1.50 bits per heavy atom. The van der Waals surface area contributed by atoms with Crippen LogP contribution in [-0.2, 0) is 6.32 Å². The molecular weight excluding hydrogens is 192 g/mol. The van der Waals surface area contributed by atoms with Crippen molar-refractivity contribution in [3.63, 3.8) is 0 Å². The summed E-state index contributed by atoms with van der Waals surface area (Å²) in [5.74, 6) is 0. The lowest BCUT2D eigenvalue weighted by molar-refractivity contribution is 0.467. The van der Waals surface area contributed by atoms with Gasteiger partial charge in [0.05, 0.1) is 0 Å². The topological polar surface area (TPSA) is 38.9 Å². The van der Waals surface area contributed by atoms with Crippen molar-refractivity contribution in [1.29, 1.82) is 0 Å². The van der Waals surface area contributed by atoms with E-state index in [1.807, 2.05) is 0 Å². The summed E-state index contributed by atoms with van der Waals surface area (Å²) in [6.07, 6.45) is 0.413. The van der Waals surface area contributed by atoms with Gasteiger partial charge in [-0.25, -0.2) is 0 Å². The van der Waals surface area contributed by atoms with E-state index in [2.05, 4.69) is 4.98 Å². The third-order valence-electron chi connectivity index (χ3n) is 1.81. The highest BCUT2D eigenvalue weighted by Crippen LogP contribution is 2.17. The highest BCUT2D eigenvalue weighted by molar-refractivity contribution is 6.57. The monoisotopic (exact) mass is 203 g/mol. The number of nitrogens with two attached hydrogens (primary N) is 1. The Hall–Kier alpha value is -1.04. The molecule has 0 amide bonds. The molecule has 1 aromatic heterocycles. The smallest absolute Gasteiger partial charge is 0.449 e. The number of rotatable bonds is 3. The molecule has 0 saturated carbocycles. The zero-order chi connectivity index (χ0) is 10.8. The van der Waals surface area contributed by atoms with Gasteiger partial charge < -0.3 is 18.7 Å². The first-order chi connectivity index (χ1) is 6.38. The predicted molar refractivity (Wildman–Crippen MR) is 49.6 cm³/mol. The fraction of sp³-hybridized carbons (Fsp3) is 0.375. The van der Waals surface area contributed by atoms with Gasteiger partial charge in [-0.15, -0.1) is 0 Å². The van der Waals surface area contributed by atoms with E-state index in [9.17, 15) is 12.9 Å². The second-order valence-electron chi connectivity index (χ2n) is 3.28. The summed E-state index contributed by atoms with van der Waals surface area (Å²) < 4.78 is 36.2. The second kappa shape index (κ2) is 4.00. The third kappa shape index (κ3) is 3.37. The summed E-state index contributed by atoms with van der Waals surface area (Å²) >= 11 is 0. The Balaban J connectivity index is 2.84. The largest absolute Gasteiger partial charge is 0.484 e. The Labute approximate surface area is 80.4 Å². The van der Waals surface area contributed by atoms with Crippen LogP contribution in [-0.4, -0.2) is 12.0 Å². The molecular formula is C8H11BF3N2-. The number of halogens is 3. The Morgan fingerprint density at radius 3 is 2.64 bits per heavy atom. The lowest BCUT2D eigenvalue weighted by Crippen LogP contribution is -2.20. The molecule has 2 nitrogen and oxygen atoms in total. The van der Waals surface area contributed by atoms with Crippen molar-refractivity contribution in [1.82, 2.24) is 4.98 Å². The highest BCUT2D eigenvalue weighted by Gasteiger charge is 2.23. The molecule has 6 heteroatoms. The van der Waals surface area contributed by atoms with E-state index in [4.69, 9.17) is 5.73 Å². The Morgan fingerprint density at radius 2 is 2.14 bits per heavy atom. The fourth-order valence-electron chi connectivity index (χ4n) is 1.13. The fourth-order valence-corrected chi connectivity index (χ4v) is 1.13. The summed E-state index contributed by atoms with van der Waals surface area (Å²) in [6.45, 7) is -3.10. The van der Waals surface area contributed by atoms with Crippen LogP contribution in [0, 0.1) is 0 Å². The first kappa shape index (κ1) is 11.0. The van der Waals surface area contributed by atoms with Gasteiger partial charge >= 0.3 is 6.98 Å². The van der Waals surface area contributed by atoms with Crippen LogP contribution in [0.5, 0.6) is 0 Å². The van der Waals surface area contributed by atoms with Gasteiger partial charge in [-0.2, -0.15) is 0 Å². The van der Waals surface area contributed by atoms with Crippen LogP contribution in [0.25, 0.3) is 0 Å². The molecule has 0 spiro atoms. The van der Waals surface area contributed by atoms with Crippen molar-refractivity contribution in [3.8, 4) is 0 Å². The predicted octanol–water partition coefficient (Wildman–Crippen LogP) is 2.03. The molecule has 0 radical (unpaired) electrons. The van der Waals surface area contributed by atoms with E-state index in [-0.39, 0.29) is 11.7 Å². The maximum absolute atomic E-state index is 12.1.